The lowest BCUT2D eigenvalue weighted by Gasteiger charge is -2.04. The highest BCUT2D eigenvalue weighted by Crippen LogP contribution is 2.17. The number of carbonyl (C=O) groups is 1. The van der Waals surface area contributed by atoms with E-state index in [1.54, 1.807) is 30.2 Å². The summed E-state index contributed by atoms with van der Waals surface area (Å²) in [6, 6.07) is 5.84. The topological polar surface area (TPSA) is 90.1 Å². The Bertz CT molecular complexity index is 621. The Morgan fingerprint density at radius 1 is 1.47 bits per heavy atom. The fraction of sp³-hybridized carbons (Fsp3) is 0.167. The molecule has 7 heteroatoms. The van der Waals surface area contributed by atoms with Crippen molar-refractivity contribution in [2.45, 2.75) is 6.54 Å². The molecule has 1 amide bonds. The van der Waals surface area contributed by atoms with Gasteiger partial charge in [0.25, 0.3) is 11.6 Å². The van der Waals surface area contributed by atoms with Crippen LogP contribution in [0.1, 0.15) is 15.9 Å². The average molecular weight is 260 g/mol. The van der Waals surface area contributed by atoms with Gasteiger partial charge in [0.1, 0.15) is 5.56 Å². The number of nitro groups is 1. The number of amides is 1. The molecule has 0 bridgehead atoms. The first kappa shape index (κ1) is 12.7. The van der Waals surface area contributed by atoms with Gasteiger partial charge >= 0.3 is 0 Å². The number of aromatic nitrogens is 2. The van der Waals surface area contributed by atoms with Crippen LogP contribution in [0.4, 0.5) is 5.69 Å². The van der Waals surface area contributed by atoms with Crippen LogP contribution in [0.15, 0.2) is 36.7 Å². The van der Waals surface area contributed by atoms with E-state index in [2.05, 4.69) is 10.4 Å². The summed E-state index contributed by atoms with van der Waals surface area (Å²) in [4.78, 5) is 22.2. The van der Waals surface area contributed by atoms with Gasteiger partial charge in [-0.05, 0) is 6.07 Å². The Morgan fingerprint density at radius 2 is 2.21 bits per heavy atom. The van der Waals surface area contributed by atoms with E-state index in [4.69, 9.17) is 0 Å². The number of carbonyl (C=O) groups excluding carboxylic acids is 1. The summed E-state index contributed by atoms with van der Waals surface area (Å²) in [5.41, 5.74) is 0.678. The van der Waals surface area contributed by atoms with Gasteiger partial charge in [-0.2, -0.15) is 5.10 Å². The van der Waals surface area contributed by atoms with Crippen molar-refractivity contribution in [1.82, 2.24) is 15.1 Å². The molecule has 1 aromatic heterocycles. The predicted octanol–water partition coefficient (Wildman–Crippen LogP) is 1.26. The molecule has 98 valence electrons. The molecule has 0 aliphatic heterocycles. The first-order valence-corrected chi connectivity index (χ1v) is 5.57. The van der Waals surface area contributed by atoms with E-state index in [9.17, 15) is 14.9 Å². The summed E-state index contributed by atoms with van der Waals surface area (Å²) in [5, 5.41) is 17.4. The van der Waals surface area contributed by atoms with Gasteiger partial charge in [0.15, 0.2) is 0 Å². The van der Waals surface area contributed by atoms with Gasteiger partial charge in [-0.1, -0.05) is 12.1 Å². The van der Waals surface area contributed by atoms with Crippen LogP contribution in [-0.4, -0.2) is 20.6 Å². The van der Waals surface area contributed by atoms with Crippen LogP contribution in [-0.2, 0) is 13.6 Å². The van der Waals surface area contributed by atoms with Crippen LogP contribution in [0.25, 0.3) is 0 Å². The maximum absolute atomic E-state index is 11.9. The summed E-state index contributed by atoms with van der Waals surface area (Å²) in [7, 11) is 1.77. The van der Waals surface area contributed by atoms with E-state index in [1.807, 2.05) is 0 Å². The quantitative estimate of drug-likeness (QED) is 0.661. The molecule has 7 nitrogen and oxygen atoms in total. The SMILES string of the molecule is Cn1cc(CNC(=O)c2ccccc2[N+](=O)[O-])cn1. The van der Waals surface area contributed by atoms with Gasteiger partial charge in [0, 0.05) is 31.4 Å². The number of hydrogen-bond acceptors (Lipinski definition) is 4. The van der Waals surface area contributed by atoms with Crippen LogP contribution < -0.4 is 5.32 Å². The third-order valence-corrected chi connectivity index (χ3v) is 2.56. The lowest BCUT2D eigenvalue weighted by atomic mass is 10.1. The molecule has 2 rings (SSSR count). The van der Waals surface area contributed by atoms with Gasteiger partial charge in [-0.3, -0.25) is 19.6 Å². The van der Waals surface area contributed by atoms with Crippen LogP contribution in [0.3, 0.4) is 0 Å². The van der Waals surface area contributed by atoms with E-state index < -0.39 is 10.8 Å². The minimum atomic E-state index is -0.570. The fourth-order valence-electron chi connectivity index (χ4n) is 1.67. The molecule has 0 aliphatic carbocycles. The Morgan fingerprint density at radius 3 is 2.84 bits per heavy atom. The molecule has 0 atom stereocenters. The highest BCUT2D eigenvalue weighted by atomic mass is 16.6. The van der Waals surface area contributed by atoms with Gasteiger partial charge in [0.05, 0.1) is 11.1 Å². The van der Waals surface area contributed by atoms with Crippen molar-refractivity contribution in [2.75, 3.05) is 0 Å². The molecule has 1 aromatic carbocycles. The number of nitro benzene ring substituents is 1. The smallest absolute Gasteiger partial charge is 0.282 e. The molecule has 0 aliphatic rings. The molecular formula is C12H12N4O3. The fourth-order valence-corrected chi connectivity index (χ4v) is 1.67. The first-order chi connectivity index (χ1) is 9.08. The molecule has 0 spiro atoms. The zero-order valence-corrected chi connectivity index (χ0v) is 10.2. The van der Waals surface area contributed by atoms with Gasteiger partial charge in [-0.25, -0.2) is 0 Å². The Hall–Kier alpha value is -2.70. The number of nitrogens with zero attached hydrogens (tertiary/aromatic N) is 3. The maximum Gasteiger partial charge on any atom is 0.282 e. The summed E-state index contributed by atoms with van der Waals surface area (Å²) in [6.45, 7) is 0.277. The molecule has 0 saturated heterocycles. The normalized spacial score (nSPS) is 10.2. The van der Waals surface area contributed by atoms with Crippen LogP contribution in [0.2, 0.25) is 0 Å². The van der Waals surface area contributed by atoms with Crippen LogP contribution in [0.5, 0.6) is 0 Å². The number of aryl methyl sites for hydroxylation is 1. The average Bonchev–Trinajstić information content (AvgIpc) is 2.81. The lowest BCUT2D eigenvalue weighted by molar-refractivity contribution is -0.385. The highest BCUT2D eigenvalue weighted by molar-refractivity contribution is 5.98. The summed E-state index contributed by atoms with van der Waals surface area (Å²) >= 11 is 0. The zero-order chi connectivity index (χ0) is 13.8. The van der Waals surface area contributed by atoms with E-state index in [1.165, 1.54) is 18.2 Å². The van der Waals surface area contributed by atoms with Crippen molar-refractivity contribution in [1.29, 1.82) is 0 Å². The first-order valence-electron chi connectivity index (χ1n) is 5.57. The Labute approximate surface area is 109 Å². The second-order valence-electron chi connectivity index (χ2n) is 3.98. The van der Waals surface area contributed by atoms with Gasteiger partial charge < -0.3 is 5.32 Å². The van der Waals surface area contributed by atoms with Crippen molar-refractivity contribution in [3.63, 3.8) is 0 Å². The highest BCUT2D eigenvalue weighted by Gasteiger charge is 2.18. The van der Waals surface area contributed by atoms with E-state index in [-0.39, 0.29) is 17.8 Å². The molecule has 19 heavy (non-hydrogen) atoms. The molecule has 1 heterocycles. The standard InChI is InChI=1S/C12H12N4O3/c1-15-8-9(7-14-15)6-13-12(17)10-4-2-3-5-11(10)16(18)19/h2-5,7-8H,6H2,1H3,(H,13,17). The van der Waals surface area contributed by atoms with Crippen molar-refractivity contribution in [2.24, 2.45) is 7.05 Å². The lowest BCUT2D eigenvalue weighted by Crippen LogP contribution is -2.23. The molecule has 0 fully saturated rings. The third-order valence-electron chi connectivity index (χ3n) is 2.56. The van der Waals surface area contributed by atoms with Gasteiger partial charge in [-0.15, -0.1) is 0 Å². The molecule has 1 N–H and O–H groups in total. The number of rotatable bonds is 4. The predicted molar refractivity (Wildman–Crippen MR) is 67.5 cm³/mol. The Balaban J connectivity index is 2.10. The van der Waals surface area contributed by atoms with Crippen LogP contribution in [0, 0.1) is 10.1 Å². The summed E-state index contributed by atoms with van der Waals surface area (Å²) in [5.74, 6) is -0.476. The summed E-state index contributed by atoms with van der Waals surface area (Å²) < 4.78 is 1.62. The van der Waals surface area contributed by atoms with E-state index >= 15 is 0 Å². The second-order valence-corrected chi connectivity index (χ2v) is 3.98. The summed E-state index contributed by atoms with van der Waals surface area (Å²) in [6.07, 6.45) is 3.39. The molecule has 2 aromatic rings. The number of para-hydroxylation sites is 1. The number of benzene rings is 1. The van der Waals surface area contributed by atoms with E-state index in [0.717, 1.165) is 5.56 Å². The molecule has 0 unspecified atom stereocenters. The minimum absolute atomic E-state index is 0.0522. The molecule has 0 radical (unpaired) electrons. The molecule has 0 saturated carbocycles. The van der Waals surface area contributed by atoms with Crippen molar-refractivity contribution >= 4 is 11.6 Å². The van der Waals surface area contributed by atoms with Gasteiger partial charge in [0.2, 0.25) is 0 Å². The minimum Gasteiger partial charge on any atom is -0.348 e. The zero-order valence-electron chi connectivity index (χ0n) is 10.2. The van der Waals surface area contributed by atoms with E-state index in [0.29, 0.717) is 0 Å². The monoisotopic (exact) mass is 260 g/mol. The Kier molecular flexibility index (Phi) is 3.56. The van der Waals surface area contributed by atoms with Crippen molar-refractivity contribution < 1.29 is 9.72 Å². The second kappa shape index (κ2) is 5.30. The largest absolute Gasteiger partial charge is 0.348 e. The molecular weight excluding hydrogens is 248 g/mol. The third kappa shape index (κ3) is 2.95. The maximum atomic E-state index is 11.9. The number of nitrogens with one attached hydrogen (secondary N) is 1. The number of hydrogen-bond donors (Lipinski definition) is 1. The van der Waals surface area contributed by atoms with Crippen molar-refractivity contribution in [3.05, 3.63) is 57.9 Å². The van der Waals surface area contributed by atoms with Crippen LogP contribution >= 0.6 is 0 Å². The van der Waals surface area contributed by atoms with Crippen molar-refractivity contribution in [3.8, 4) is 0 Å².